The first-order valence-electron chi connectivity index (χ1n) is 7.13. The number of carbonyl (C=O) groups is 1. The molecule has 8 heteroatoms. The third-order valence-electron chi connectivity index (χ3n) is 4.04. The molecule has 0 aliphatic carbocycles. The van der Waals surface area contributed by atoms with E-state index in [1.807, 2.05) is 6.92 Å². The van der Waals surface area contributed by atoms with Gasteiger partial charge in [-0.2, -0.15) is 4.31 Å². The standard InChI is InChI=1S/C14H18N2O5S/c1-9-7-16(5-4-12(9)17)22(19,20)10-2-3-13-11(6-10)15-14(18)8-21-13/h2-3,6,9,12,17H,4-5,7-8H2,1H3,(H,15,18)/t9-,12+/m0/s1. The molecule has 2 aliphatic heterocycles. The van der Waals surface area contributed by atoms with Gasteiger partial charge in [0.1, 0.15) is 5.75 Å². The number of aliphatic hydroxyl groups is 1. The number of anilines is 1. The lowest BCUT2D eigenvalue weighted by atomic mass is 9.99. The van der Waals surface area contributed by atoms with Crippen molar-refractivity contribution in [3.63, 3.8) is 0 Å². The average molecular weight is 326 g/mol. The highest BCUT2D eigenvalue weighted by Gasteiger charge is 2.33. The van der Waals surface area contributed by atoms with Crippen LogP contribution in [0.1, 0.15) is 13.3 Å². The maximum Gasteiger partial charge on any atom is 0.262 e. The highest BCUT2D eigenvalue weighted by Crippen LogP contribution is 2.32. The lowest BCUT2D eigenvalue weighted by molar-refractivity contribution is -0.118. The van der Waals surface area contributed by atoms with Crippen LogP contribution >= 0.6 is 0 Å². The van der Waals surface area contributed by atoms with E-state index in [4.69, 9.17) is 4.74 Å². The van der Waals surface area contributed by atoms with E-state index in [9.17, 15) is 18.3 Å². The van der Waals surface area contributed by atoms with Crippen molar-refractivity contribution in [3.8, 4) is 5.75 Å². The van der Waals surface area contributed by atoms with Gasteiger partial charge in [0.05, 0.1) is 16.7 Å². The van der Waals surface area contributed by atoms with Crippen LogP contribution in [0.3, 0.4) is 0 Å². The van der Waals surface area contributed by atoms with Gasteiger partial charge in [0, 0.05) is 13.1 Å². The number of rotatable bonds is 2. The molecule has 2 N–H and O–H groups in total. The fourth-order valence-corrected chi connectivity index (χ4v) is 4.27. The number of ether oxygens (including phenoxy) is 1. The minimum absolute atomic E-state index is 0.0688. The van der Waals surface area contributed by atoms with E-state index in [1.165, 1.54) is 16.4 Å². The van der Waals surface area contributed by atoms with Crippen LogP contribution in [0, 0.1) is 5.92 Å². The molecular formula is C14H18N2O5S. The monoisotopic (exact) mass is 326 g/mol. The minimum Gasteiger partial charge on any atom is -0.482 e. The van der Waals surface area contributed by atoms with Crippen molar-refractivity contribution in [2.24, 2.45) is 5.92 Å². The Hall–Kier alpha value is -1.64. The van der Waals surface area contributed by atoms with E-state index in [0.717, 1.165) is 0 Å². The Kier molecular flexibility index (Phi) is 3.84. The molecule has 1 fully saturated rings. The Labute approximate surface area is 128 Å². The summed E-state index contributed by atoms with van der Waals surface area (Å²) >= 11 is 0. The van der Waals surface area contributed by atoms with Crippen LogP contribution in [0.5, 0.6) is 5.75 Å². The van der Waals surface area contributed by atoms with Gasteiger partial charge >= 0.3 is 0 Å². The molecule has 2 heterocycles. The maximum absolute atomic E-state index is 12.7. The Balaban J connectivity index is 1.89. The molecule has 2 aliphatic rings. The van der Waals surface area contributed by atoms with Crippen LogP contribution in [0.4, 0.5) is 5.69 Å². The summed E-state index contributed by atoms with van der Waals surface area (Å²) in [4.78, 5) is 11.5. The van der Waals surface area contributed by atoms with Crippen molar-refractivity contribution in [3.05, 3.63) is 18.2 Å². The molecule has 1 amide bonds. The molecule has 1 saturated heterocycles. The molecule has 0 unspecified atom stereocenters. The molecule has 1 aromatic rings. The number of hydrogen-bond acceptors (Lipinski definition) is 5. The molecule has 0 radical (unpaired) electrons. The third-order valence-corrected chi connectivity index (χ3v) is 5.91. The summed E-state index contributed by atoms with van der Waals surface area (Å²) in [7, 11) is -3.65. The Morgan fingerprint density at radius 2 is 2.18 bits per heavy atom. The van der Waals surface area contributed by atoms with Gasteiger partial charge < -0.3 is 15.2 Å². The van der Waals surface area contributed by atoms with Gasteiger partial charge in [0.25, 0.3) is 5.91 Å². The van der Waals surface area contributed by atoms with E-state index >= 15 is 0 Å². The largest absolute Gasteiger partial charge is 0.482 e. The van der Waals surface area contributed by atoms with Crippen molar-refractivity contribution in [2.75, 3.05) is 25.0 Å². The maximum atomic E-state index is 12.7. The fourth-order valence-electron chi connectivity index (χ4n) is 2.69. The van der Waals surface area contributed by atoms with Crippen LogP contribution < -0.4 is 10.1 Å². The SMILES string of the molecule is C[C@H]1CN(S(=O)(=O)c2ccc3c(c2)NC(=O)CO3)CC[C@H]1O. The number of nitrogens with zero attached hydrogens (tertiary/aromatic N) is 1. The topological polar surface area (TPSA) is 95.9 Å². The molecule has 7 nitrogen and oxygen atoms in total. The molecule has 1 aromatic carbocycles. The molecule has 22 heavy (non-hydrogen) atoms. The Morgan fingerprint density at radius 1 is 1.41 bits per heavy atom. The zero-order chi connectivity index (χ0) is 15.9. The molecule has 0 aromatic heterocycles. The van der Waals surface area contributed by atoms with Gasteiger partial charge in [0.15, 0.2) is 6.61 Å². The summed E-state index contributed by atoms with van der Waals surface area (Å²) in [5.74, 6) is 0.0435. The van der Waals surface area contributed by atoms with Crippen LogP contribution in [-0.2, 0) is 14.8 Å². The molecule has 120 valence electrons. The molecule has 0 bridgehead atoms. The molecule has 0 saturated carbocycles. The number of piperidine rings is 1. The highest BCUT2D eigenvalue weighted by atomic mass is 32.2. The van der Waals surface area contributed by atoms with Gasteiger partial charge in [-0.1, -0.05) is 6.92 Å². The summed E-state index contributed by atoms with van der Waals surface area (Å²) in [5.41, 5.74) is 0.363. The van der Waals surface area contributed by atoms with Crippen molar-refractivity contribution in [1.29, 1.82) is 0 Å². The number of aliphatic hydroxyl groups excluding tert-OH is 1. The van der Waals surface area contributed by atoms with Crippen molar-refractivity contribution < 1.29 is 23.1 Å². The second kappa shape index (κ2) is 5.53. The van der Waals surface area contributed by atoms with Gasteiger partial charge in [-0.3, -0.25) is 4.79 Å². The second-order valence-electron chi connectivity index (χ2n) is 5.69. The van der Waals surface area contributed by atoms with Crippen molar-refractivity contribution >= 4 is 21.6 Å². The number of carbonyl (C=O) groups excluding carboxylic acids is 1. The van der Waals surface area contributed by atoms with Gasteiger partial charge in [0.2, 0.25) is 10.0 Å². The average Bonchev–Trinajstić information content (AvgIpc) is 2.49. The van der Waals surface area contributed by atoms with Gasteiger partial charge in [-0.25, -0.2) is 8.42 Å². The number of sulfonamides is 1. The molecular weight excluding hydrogens is 308 g/mol. The normalized spacial score (nSPS) is 26.0. The lowest BCUT2D eigenvalue weighted by Crippen LogP contribution is -2.44. The van der Waals surface area contributed by atoms with E-state index in [1.54, 1.807) is 6.07 Å². The zero-order valence-electron chi connectivity index (χ0n) is 12.2. The Morgan fingerprint density at radius 3 is 2.91 bits per heavy atom. The fraction of sp³-hybridized carbons (Fsp3) is 0.500. The predicted octanol–water partition coefficient (Wildman–Crippen LogP) is 0.409. The van der Waals surface area contributed by atoms with Crippen molar-refractivity contribution in [2.45, 2.75) is 24.3 Å². The van der Waals surface area contributed by atoms with Gasteiger partial charge in [-0.15, -0.1) is 0 Å². The first-order chi connectivity index (χ1) is 10.4. The first-order valence-corrected chi connectivity index (χ1v) is 8.57. The number of fused-ring (bicyclic) bond motifs is 1. The van der Waals surface area contributed by atoms with E-state index in [0.29, 0.717) is 17.9 Å². The molecule has 2 atom stereocenters. The van der Waals surface area contributed by atoms with Crippen LogP contribution in [0.2, 0.25) is 0 Å². The lowest BCUT2D eigenvalue weighted by Gasteiger charge is -2.33. The quantitative estimate of drug-likeness (QED) is 0.820. The summed E-state index contributed by atoms with van der Waals surface area (Å²) in [5, 5.41) is 12.3. The number of nitrogens with one attached hydrogen (secondary N) is 1. The summed E-state index contributed by atoms with van der Waals surface area (Å²) in [6.45, 7) is 2.32. The smallest absolute Gasteiger partial charge is 0.262 e. The first kappa shape index (κ1) is 15.3. The number of benzene rings is 1. The van der Waals surface area contributed by atoms with Crippen molar-refractivity contribution in [1.82, 2.24) is 4.31 Å². The van der Waals surface area contributed by atoms with Crippen LogP contribution in [0.15, 0.2) is 23.1 Å². The minimum atomic E-state index is -3.65. The van der Waals surface area contributed by atoms with E-state index in [2.05, 4.69) is 5.32 Å². The molecule has 0 spiro atoms. The van der Waals surface area contributed by atoms with Crippen LogP contribution in [-0.4, -0.2) is 49.5 Å². The van der Waals surface area contributed by atoms with Crippen LogP contribution in [0.25, 0.3) is 0 Å². The third kappa shape index (κ3) is 2.69. The predicted molar refractivity (Wildman–Crippen MR) is 79.1 cm³/mol. The summed E-state index contributed by atoms with van der Waals surface area (Å²) < 4.78 is 32.0. The van der Waals surface area contributed by atoms with Gasteiger partial charge in [-0.05, 0) is 30.5 Å². The summed E-state index contributed by atoms with van der Waals surface area (Å²) in [6.07, 6.45) is -0.0479. The number of amides is 1. The summed E-state index contributed by atoms with van der Waals surface area (Å²) in [6, 6.07) is 4.43. The highest BCUT2D eigenvalue weighted by molar-refractivity contribution is 7.89. The van der Waals surface area contributed by atoms with E-state index < -0.39 is 16.1 Å². The van der Waals surface area contributed by atoms with E-state index in [-0.39, 0.29) is 36.4 Å². The Bertz CT molecular complexity index is 703. The number of hydrogen-bond donors (Lipinski definition) is 2. The second-order valence-corrected chi connectivity index (χ2v) is 7.63. The zero-order valence-corrected chi connectivity index (χ0v) is 13.0. The molecule has 3 rings (SSSR count).